The van der Waals surface area contributed by atoms with Gasteiger partial charge in [0.15, 0.2) is 0 Å². The van der Waals surface area contributed by atoms with Gasteiger partial charge in [-0.3, -0.25) is 9.13 Å². The maximum atomic E-state index is 11.4. The van der Waals surface area contributed by atoms with Crippen molar-refractivity contribution in [2.24, 2.45) is 11.8 Å². The third kappa shape index (κ3) is 9.39. The molecular weight excluding hydrogens is 370 g/mol. The van der Waals surface area contributed by atoms with Crippen LogP contribution in [0.25, 0.3) is 0 Å². The van der Waals surface area contributed by atoms with Crippen LogP contribution in [0.4, 0.5) is 5.95 Å². The van der Waals surface area contributed by atoms with E-state index >= 15 is 0 Å². The molecule has 10 nitrogen and oxygen atoms in total. The molecule has 0 saturated heterocycles. The van der Waals surface area contributed by atoms with Crippen LogP contribution >= 0.6 is 15.2 Å². The Morgan fingerprint density at radius 2 is 1.16 bits per heavy atom. The van der Waals surface area contributed by atoms with Crippen LogP contribution in [0.3, 0.4) is 0 Å². The molecule has 0 fully saturated rings. The van der Waals surface area contributed by atoms with Gasteiger partial charge in [0, 0.05) is 12.8 Å². The molecule has 0 bridgehead atoms. The minimum Gasteiger partial charge on any atom is -0.323 e. The number of rotatable bonds is 9. The summed E-state index contributed by atoms with van der Waals surface area (Å²) >= 11 is 0. The highest BCUT2D eigenvalue weighted by molar-refractivity contribution is 7.53. The van der Waals surface area contributed by atoms with Gasteiger partial charge in [0.05, 0.1) is 0 Å². The van der Waals surface area contributed by atoms with E-state index in [2.05, 4.69) is 15.0 Å². The van der Waals surface area contributed by atoms with Gasteiger partial charge < -0.3 is 24.5 Å². The maximum absolute atomic E-state index is 11.4. The summed E-state index contributed by atoms with van der Waals surface area (Å²) in [7, 11) is -9.15. The Balaban J connectivity index is 3.33. The average molecular weight is 396 g/mol. The van der Waals surface area contributed by atoms with Crippen LogP contribution in [0.1, 0.15) is 39.3 Å². The molecule has 25 heavy (non-hydrogen) atoms. The lowest BCUT2D eigenvalue weighted by molar-refractivity contribution is 0.366. The molecule has 1 heterocycles. The Morgan fingerprint density at radius 3 is 1.44 bits per heavy atom. The summed E-state index contributed by atoms with van der Waals surface area (Å²) in [6.07, 6.45) is -0.741. The summed E-state index contributed by atoms with van der Waals surface area (Å²) in [6, 6.07) is 0. The predicted molar refractivity (Wildman–Crippen MR) is 93.2 cm³/mol. The molecule has 4 N–H and O–H groups in total. The van der Waals surface area contributed by atoms with E-state index in [-0.39, 0.29) is 17.8 Å². The Labute approximate surface area is 147 Å². The number of nitrogens with zero attached hydrogens (tertiary/aromatic N) is 4. The summed E-state index contributed by atoms with van der Waals surface area (Å²) in [4.78, 5) is 50.4. The van der Waals surface area contributed by atoms with E-state index in [9.17, 15) is 28.7 Å². The molecule has 1 aromatic heterocycles. The second-order valence-electron chi connectivity index (χ2n) is 6.82. The second kappa shape index (κ2) is 8.66. The van der Waals surface area contributed by atoms with Crippen LogP contribution in [0.5, 0.6) is 0 Å². The van der Waals surface area contributed by atoms with Crippen molar-refractivity contribution < 1.29 is 28.7 Å². The standard InChI is InChI=1S/C13H26N4O6P2/c1-9(2)5-11-14-12(6-10(3)4)16-13(15-11)17(7-24(18,19)20)8-25(21,22)23/h9-10H,5-8H2,1-4H3,(H2,18,19,20)(H2,21,22,23). The molecule has 0 radical (unpaired) electrons. The van der Waals surface area contributed by atoms with Crippen LogP contribution in [-0.4, -0.2) is 47.1 Å². The normalized spacial score (nSPS) is 12.9. The van der Waals surface area contributed by atoms with Crippen molar-refractivity contribution in [2.75, 3.05) is 17.5 Å². The molecule has 1 rings (SSSR count). The van der Waals surface area contributed by atoms with E-state index in [1.807, 2.05) is 27.7 Å². The topological polar surface area (TPSA) is 157 Å². The molecule has 0 aliphatic rings. The lowest BCUT2D eigenvalue weighted by Gasteiger charge is -2.24. The molecule has 12 heteroatoms. The monoisotopic (exact) mass is 396 g/mol. The average Bonchev–Trinajstić information content (AvgIpc) is 2.32. The van der Waals surface area contributed by atoms with Gasteiger partial charge in [-0.2, -0.15) is 9.97 Å². The van der Waals surface area contributed by atoms with E-state index < -0.39 is 27.8 Å². The molecule has 0 aliphatic heterocycles. The molecule has 0 amide bonds. The molecule has 0 aliphatic carbocycles. The fourth-order valence-electron chi connectivity index (χ4n) is 2.13. The third-order valence-electron chi connectivity index (χ3n) is 2.89. The number of aromatic nitrogens is 3. The minimum atomic E-state index is -4.58. The van der Waals surface area contributed by atoms with Crippen molar-refractivity contribution in [3.8, 4) is 0 Å². The van der Waals surface area contributed by atoms with Crippen LogP contribution in [0, 0.1) is 11.8 Å². The van der Waals surface area contributed by atoms with Crippen LogP contribution in [0.2, 0.25) is 0 Å². The molecule has 0 aromatic carbocycles. The first-order chi connectivity index (χ1) is 11.2. The highest BCUT2D eigenvalue weighted by atomic mass is 31.2. The molecule has 0 spiro atoms. The highest BCUT2D eigenvalue weighted by Gasteiger charge is 2.28. The lowest BCUT2D eigenvalue weighted by Crippen LogP contribution is -2.29. The smallest absolute Gasteiger partial charge is 0.323 e. The zero-order valence-electron chi connectivity index (χ0n) is 14.8. The fraction of sp³-hybridized carbons (Fsp3) is 0.769. The van der Waals surface area contributed by atoms with Crippen molar-refractivity contribution >= 4 is 21.1 Å². The molecule has 1 aromatic rings. The van der Waals surface area contributed by atoms with Gasteiger partial charge in [-0.05, 0) is 11.8 Å². The van der Waals surface area contributed by atoms with Gasteiger partial charge >= 0.3 is 15.2 Å². The van der Waals surface area contributed by atoms with Crippen LogP contribution in [0.15, 0.2) is 0 Å². The van der Waals surface area contributed by atoms with Crippen molar-refractivity contribution in [3.63, 3.8) is 0 Å². The summed E-state index contributed by atoms with van der Waals surface area (Å²) in [5, 5.41) is 0. The quantitative estimate of drug-likeness (QED) is 0.449. The minimum absolute atomic E-state index is 0.132. The Morgan fingerprint density at radius 1 is 0.800 bits per heavy atom. The second-order valence-corrected chi connectivity index (χ2v) is 10.0. The van der Waals surface area contributed by atoms with Crippen molar-refractivity contribution in [3.05, 3.63) is 11.6 Å². The first-order valence-corrected chi connectivity index (χ1v) is 11.4. The van der Waals surface area contributed by atoms with Crippen molar-refractivity contribution in [2.45, 2.75) is 40.5 Å². The highest BCUT2D eigenvalue weighted by Crippen LogP contribution is 2.41. The van der Waals surface area contributed by atoms with E-state index in [4.69, 9.17) is 0 Å². The summed E-state index contributed by atoms with van der Waals surface area (Å²) < 4.78 is 22.7. The number of hydrogen-bond acceptors (Lipinski definition) is 6. The van der Waals surface area contributed by atoms with Gasteiger partial charge in [-0.15, -0.1) is 0 Å². The molecule has 0 saturated carbocycles. The van der Waals surface area contributed by atoms with Gasteiger partial charge in [0.1, 0.15) is 24.2 Å². The Bertz CT molecular complexity index is 620. The van der Waals surface area contributed by atoms with Gasteiger partial charge in [-0.1, -0.05) is 27.7 Å². The van der Waals surface area contributed by atoms with Crippen LogP contribution < -0.4 is 4.90 Å². The molecule has 0 atom stereocenters. The lowest BCUT2D eigenvalue weighted by atomic mass is 10.1. The largest absolute Gasteiger partial charge is 0.344 e. The van der Waals surface area contributed by atoms with E-state index in [1.165, 1.54) is 0 Å². The molecule has 0 unspecified atom stereocenters. The summed E-state index contributed by atoms with van der Waals surface area (Å²) in [5.41, 5.74) is 0. The Hall–Kier alpha value is -0.890. The van der Waals surface area contributed by atoms with E-state index in [1.54, 1.807) is 0 Å². The van der Waals surface area contributed by atoms with E-state index in [0.717, 1.165) is 4.90 Å². The van der Waals surface area contributed by atoms with Crippen molar-refractivity contribution in [1.82, 2.24) is 15.0 Å². The van der Waals surface area contributed by atoms with E-state index in [0.29, 0.717) is 24.5 Å². The van der Waals surface area contributed by atoms with Crippen LogP contribution in [-0.2, 0) is 22.0 Å². The predicted octanol–water partition coefficient (Wildman–Crippen LogP) is 1.35. The Kier molecular flexibility index (Phi) is 7.68. The third-order valence-corrected chi connectivity index (χ3v) is 4.31. The first kappa shape index (κ1) is 22.2. The summed E-state index contributed by atoms with van der Waals surface area (Å²) in [5.74, 6) is 1.19. The SMILES string of the molecule is CC(C)Cc1nc(CC(C)C)nc(N(CP(=O)(O)O)CP(=O)(O)O)n1. The van der Waals surface area contributed by atoms with Gasteiger partial charge in [-0.25, -0.2) is 4.98 Å². The number of hydrogen-bond donors (Lipinski definition) is 4. The summed E-state index contributed by atoms with van der Waals surface area (Å²) in [6.45, 7) is 7.87. The number of anilines is 1. The zero-order valence-corrected chi connectivity index (χ0v) is 16.6. The first-order valence-electron chi connectivity index (χ1n) is 7.83. The van der Waals surface area contributed by atoms with Gasteiger partial charge in [0.2, 0.25) is 5.95 Å². The van der Waals surface area contributed by atoms with Gasteiger partial charge in [0.25, 0.3) is 0 Å². The molecule has 144 valence electrons. The molecular formula is C13H26N4O6P2. The van der Waals surface area contributed by atoms with Crippen molar-refractivity contribution in [1.29, 1.82) is 0 Å². The zero-order chi connectivity index (χ0) is 19.4. The fourth-order valence-corrected chi connectivity index (χ4v) is 3.63. The maximum Gasteiger partial charge on any atom is 0.344 e.